The fourth-order valence-corrected chi connectivity index (χ4v) is 4.52. The summed E-state index contributed by atoms with van der Waals surface area (Å²) in [6.45, 7) is 4.52. The lowest BCUT2D eigenvalue weighted by atomic mass is 10.1. The fourth-order valence-electron chi connectivity index (χ4n) is 3.61. The van der Waals surface area contributed by atoms with Crippen molar-refractivity contribution in [1.82, 2.24) is 5.32 Å². The largest absolute Gasteiger partial charge is 0.469 e. The number of aryl methyl sites for hydroxylation is 2. The van der Waals surface area contributed by atoms with Gasteiger partial charge in [-0.3, -0.25) is 4.79 Å². The number of nitrogens with one attached hydrogen (secondary N) is 2. The third kappa shape index (κ3) is 5.53. The number of fused-ring (bicyclic) bond motifs is 1. The molecule has 4 rings (SSSR count). The highest BCUT2D eigenvalue weighted by Gasteiger charge is 2.25. The van der Waals surface area contributed by atoms with Gasteiger partial charge in [-0.05, 0) is 56.2 Å². The monoisotopic (exact) mass is 449 g/mol. The molecule has 0 unspecified atom stereocenters. The SMILES string of the molecule is Cc1ccc(CN2C(=O)CSc3ccc(NC(=O)N[C@H](C)CCc4ccco4)cc32)cc1. The van der Waals surface area contributed by atoms with E-state index in [0.717, 1.165) is 34.7 Å². The maximum atomic E-state index is 12.7. The molecule has 0 bridgehead atoms. The summed E-state index contributed by atoms with van der Waals surface area (Å²) in [6.07, 6.45) is 3.20. The smallest absolute Gasteiger partial charge is 0.319 e. The molecule has 0 saturated carbocycles. The van der Waals surface area contributed by atoms with Crippen molar-refractivity contribution in [2.24, 2.45) is 0 Å². The van der Waals surface area contributed by atoms with E-state index in [2.05, 4.69) is 22.8 Å². The Labute approximate surface area is 192 Å². The zero-order chi connectivity index (χ0) is 22.5. The van der Waals surface area contributed by atoms with Crippen LogP contribution in [-0.4, -0.2) is 23.7 Å². The molecule has 1 atom stereocenters. The maximum Gasteiger partial charge on any atom is 0.319 e. The van der Waals surface area contributed by atoms with E-state index in [1.54, 1.807) is 11.2 Å². The van der Waals surface area contributed by atoms with Gasteiger partial charge in [0.25, 0.3) is 0 Å². The molecule has 0 radical (unpaired) electrons. The lowest BCUT2D eigenvalue weighted by Gasteiger charge is -2.29. The Kier molecular flexibility index (Phi) is 6.85. The molecule has 0 aliphatic carbocycles. The fraction of sp³-hybridized carbons (Fsp3) is 0.280. The Morgan fingerprint density at radius 2 is 2.00 bits per heavy atom. The topological polar surface area (TPSA) is 74.6 Å². The van der Waals surface area contributed by atoms with Crippen LogP contribution in [0.3, 0.4) is 0 Å². The summed E-state index contributed by atoms with van der Waals surface area (Å²) in [6, 6.07) is 17.4. The molecule has 3 amide bonds. The number of nitrogens with zero attached hydrogens (tertiary/aromatic N) is 1. The molecule has 3 aromatic rings. The number of hydrogen-bond donors (Lipinski definition) is 2. The molecule has 1 aromatic heterocycles. The molecule has 166 valence electrons. The van der Waals surface area contributed by atoms with Crippen LogP contribution in [0.2, 0.25) is 0 Å². The van der Waals surface area contributed by atoms with Gasteiger partial charge in [-0.2, -0.15) is 0 Å². The number of urea groups is 1. The molecule has 1 aliphatic heterocycles. The second kappa shape index (κ2) is 9.96. The lowest BCUT2D eigenvalue weighted by molar-refractivity contribution is -0.116. The van der Waals surface area contributed by atoms with Gasteiger partial charge in [0.05, 0.1) is 24.2 Å². The maximum absolute atomic E-state index is 12.7. The normalized spacial score (nSPS) is 14.1. The van der Waals surface area contributed by atoms with Crippen molar-refractivity contribution in [1.29, 1.82) is 0 Å². The first-order valence-electron chi connectivity index (χ1n) is 10.7. The van der Waals surface area contributed by atoms with Crippen molar-refractivity contribution in [3.8, 4) is 0 Å². The number of amides is 3. The van der Waals surface area contributed by atoms with Gasteiger partial charge < -0.3 is 20.0 Å². The second-order valence-electron chi connectivity index (χ2n) is 8.05. The number of hydrogen-bond acceptors (Lipinski definition) is 4. The molecule has 0 fully saturated rings. The van der Waals surface area contributed by atoms with Gasteiger partial charge in [-0.15, -0.1) is 11.8 Å². The standard InChI is InChI=1S/C25H27N3O3S/c1-17-5-8-19(9-6-17)15-28-22-14-20(10-12-23(22)32-16-24(28)29)27-25(30)26-18(2)7-11-21-4-3-13-31-21/h3-6,8-10,12-14,18H,7,11,15-16H2,1-2H3,(H2,26,27,30)/t18-/m1/s1. The summed E-state index contributed by atoms with van der Waals surface area (Å²) in [4.78, 5) is 28.0. The Morgan fingerprint density at radius 1 is 1.19 bits per heavy atom. The van der Waals surface area contributed by atoms with E-state index in [1.165, 1.54) is 17.3 Å². The first-order chi connectivity index (χ1) is 15.5. The first-order valence-corrected chi connectivity index (χ1v) is 11.7. The molecule has 0 saturated heterocycles. The highest BCUT2D eigenvalue weighted by atomic mass is 32.2. The van der Waals surface area contributed by atoms with Crippen LogP contribution in [-0.2, 0) is 17.8 Å². The van der Waals surface area contributed by atoms with E-state index in [4.69, 9.17) is 4.42 Å². The number of thioether (sulfide) groups is 1. The van der Waals surface area contributed by atoms with Crippen molar-refractivity contribution in [2.45, 2.75) is 44.2 Å². The van der Waals surface area contributed by atoms with Crippen LogP contribution >= 0.6 is 11.8 Å². The van der Waals surface area contributed by atoms with Gasteiger partial charge in [-0.1, -0.05) is 29.8 Å². The highest BCUT2D eigenvalue weighted by Crippen LogP contribution is 2.38. The van der Waals surface area contributed by atoms with Crippen molar-refractivity contribution in [3.63, 3.8) is 0 Å². The molecular weight excluding hydrogens is 422 g/mol. The Hall–Kier alpha value is -3.19. The Morgan fingerprint density at radius 3 is 2.75 bits per heavy atom. The minimum absolute atomic E-state index is 0.00658. The van der Waals surface area contributed by atoms with Crippen LogP contribution in [0.5, 0.6) is 0 Å². The second-order valence-corrected chi connectivity index (χ2v) is 9.07. The van der Waals surface area contributed by atoms with Crippen LogP contribution in [0.25, 0.3) is 0 Å². The summed E-state index contributed by atoms with van der Waals surface area (Å²) < 4.78 is 5.34. The molecule has 0 spiro atoms. The molecule has 6 nitrogen and oxygen atoms in total. The lowest BCUT2D eigenvalue weighted by Crippen LogP contribution is -2.37. The number of carbonyl (C=O) groups excluding carboxylic acids is 2. The predicted molar refractivity (Wildman–Crippen MR) is 128 cm³/mol. The third-order valence-corrected chi connectivity index (χ3v) is 6.45. The number of rotatable bonds is 7. The first kappa shape index (κ1) is 22.0. The van der Waals surface area contributed by atoms with Gasteiger partial charge in [0.2, 0.25) is 5.91 Å². The van der Waals surface area contributed by atoms with E-state index in [0.29, 0.717) is 18.0 Å². The minimum Gasteiger partial charge on any atom is -0.469 e. The van der Waals surface area contributed by atoms with Crippen LogP contribution < -0.4 is 15.5 Å². The van der Waals surface area contributed by atoms with E-state index in [-0.39, 0.29) is 18.0 Å². The number of anilines is 2. The molecule has 2 N–H and O–H groups in total. The van der Waals surface area contributed by atoms with E-state index >= 15 is 0 Å². The molecule has 7 heteroatoms. The van der Waals surface area contributed by atoms with Crippen molar-refractivity contribution >= 4 is 35.1 Å². The minimum atomic E-state index is -0.267. The van der Waals surface area contributed by atoms with E-state index in [9.17, 15) is 9.59 Å². The van der Waals surface area contributed by atoms with Gasteiger partial charge in [0, 0.05) is 23.0 Å². The molecule has 1 aliphatic rings. The van der Waals surface area contributed by atoms with E-state index in [1.807, 2.05) is 56.3 Å². The highest BCUT2D eigenvalue weighted by molar-refractivity contribution is 8.00. The number of carbonyl (C=O) groups is 2. The quantitative estimate of drug-likeness (QED) is 0.509. The zero-order valence-corrected chi connectivity index (χ0v) is 19.1. The zero-order valence-electron chi connectivity index (χ0n) is 18.3. The van der Waals surface area contributed by atoms with E-state index < -0.39 is 0 Å². The Balaban J connectivity index is 1.41. The van der Waals surface area contributed by atoms with Gasteiger partial charge >= 0.3 is 6.03 Å². The predicted octanol–water partition coefficient (Wildman–Crippen LogP) is 5.37. The van der Waals surface area contributed by atoms with Crippen molar-refractivity contribution in [3.05, 3.63) is 77.7 Å². The van der Waals surface area contributed by atoms with Crippen molar-refractivity contribution in [2.75, 3.05) is 16.0 Å². The van der Waals surface area contributed by atoms with Crippen molar-refractivity contribution < 1.29 is 14.0 Å². The van der Waals surface area contributed by atoms with Crippen LogP contribution in [0.15, 0.2) is 70.2 Å². The third-order valence-electron chi connectivity index (χ3n) is 5.40. The summed E-state index contributed by atoms with van der Waals surface area (Å²) in [5.41, 5.74) is 3.74. The summed E-state index contributed by atoms with van der Waals surface area (Å²) in [5, 5.41) is 5.86. The van der Waals surface area contributed by atoms with Crippen LogP contribution in [0, 0.1) is 6.92 Å². The number of benzene rings is 2. The summed E-state index contributed by atoms with van der Waals surface area (Å²) >= 11 is 1.53. The Bertz CT molecular complexity index is 1080. The van der Waals surface area contributed by atoms with Crippen LogP contribution in [0.4, 0.5) is 16.2 Å². The molecule has 2 aromatic carbocycles. The van der Waals surface area contributed by atoms with Crippen LogP contribution in [0.1, 0.15) is 30.2 Å². The van der Waals surface area contributed by atoms with Gasteiger partial charge in [0.15, 0.2) is 0 Å². The molecular formula is C25H27N3O3S. The summed E-state index contributed by atoms with van der Waals surface area (Å²) in [5.74, 6) is 1.39. The molecule has 32 heavy (non-hydrogen) atoms. The average Bonchev–Trinajstić information content (AvgIpc) is 3.29. The van der Waals surface area contributed by atoms with Gasteiger partial charge in [0.1, 0.15) is 5.76 Å². The molecule has 2 heterocycles. The average molecular weight is 450 g/mol. The summed E-state index contributed by atoms with van der Waals surface area (Å²) in [7, 11) is 0. The van der Waals surface area contributed by atoms with Gasteiger partial charge in [-0.25, -0.2) is 4.79 Å². The number of furan rings is 1.